The number of rotatable bonds is 4. The van der Waals surface area contributed by atoms with Gasteiger partial charge in [-0.2, -0.15) is 0 Å². The molecule has 2 saturated carbocycles. The minimum Gasteiger partial charge on any atom is -0.466 e. The first-order valence-corrected chi connectivity index (χ1v) is 11.8. The van der Waals surface area contributed by atoms with Crippen molar-refractivity contribution >= 4 is 11.9 Å². The van der Waals surface area contributed by atoms with Crippen LogP contribution in [0.5, 0.6) is 0 Å². The highest BCUT2D eigenvalue weighted by Crippen LogP contribution is 2.70. The molecular formula is C23H36NO5+. The van der Waals surface area contributed by atoms with Gasteiger partial charge in [-0.1, -0.05) is 20.3 Å². The lowest BCUT2D eigenvalue weighted by Gasteiger charge is -2.48. The van der Waals surface area contributed by atoms with E-state index < -0.39 is 0 Å². The van der Waals surface area contributed by atoms with E-state index in [0.29, 0.717) is 12.5 Å². The normalized spacial score (nSPS) is 50.7. The molecule has 9 atom stereocenters. The van der Waals surface area contributed by atoms with Crippen molar-refractivity contribution in [2.75, 3.05) is 26.2 Å². The lowest BCUT2D eigenvalue weighted by molar-refractivity contribution is -0.910. The third-order valence-corrected chi connectivity index (χ3v) is 8.94. The van der Waals surface area contributed by atoms with Gasteiger partial charge < -0.3 is 19.1 Å². The number of ether oxygens (including phenoxy) is 3. The minimum absolute atomic E-state index is 0.00784. The van der Waals surface area contributed by atoms with Crippen LogP contribution < -0.4 is 4.90 Å². The highest BCUT2D eigenvalue weighted by atomic mass is 16.6. The monoisotopic (exact) mass is 406 g/mol. The number of esters is 2. The van der Waals surface area contributed by atoms with Crippen molar-refractivity contribution in [3.8, 4) is 0 Å². The van der Waals surface area contributed by atoms with Gasteiger partial charge in [-0.3, -0.25) is 9.59 Å². The van der Waals surface area contributed by atoms with Crippen molar-refractivity contribution in [2.24, 2.45) is 29.1 Å². The average Bonchev–Trinajstić information content (AvgIpc) is 3.37. The van der Waals surface area contributed by atoms with Crippen molar-refractivity contribution in [1.82, 2.24) is 0 Å². The number of hydrogen-bond acceptors (Lipinski definition) is 5. The topological polar surface area (TPSA) is 69.6 Å². The Kier molecular flexibility index (Phi) is 4.74. The zero-order valence-electron chi connectivity index (χ0n) is 18.1. The van der Waals surface area contributed by atoms with Crippen molar-refractivity contribution < 1.29 is 28.7 Å². The van der Waals surface area contributed by atoms with E-state index in [4.69, 9.17) is 14.2 Å². The first kappa shape index (κ1) is 19.8. The van der Waals surface area contributed by atoms with Crippen LogP contribution in [0.25, 0.3) is 0 Å². The maximum atomic E-state index is 12.9. The molecule has 29 heavy (non-hydrogen) atoms. The molecule has 5 rings (SSSR count). The molecule has 1 N–H and O–H groups in total. The molecule has 0 aromatic rings. The van der Waals surface area contributed by atoms with Gasteiger partial charge in [-0.15, -0.1) is 0 Å². The van der Waals surface area contributed by atoms with Crippen LogP contribution in [-0.2, 0) is 23.8 Å². The van der Waals surface area contributed by atoms with Crippen LogP contribution in [0.3, 0.4) is 0 Å². The molecule has 6 heteroatoms. The van der Waals surface area contributed by atoms with Crippen LogP contribution in [0, 0.1) is 29.1 Å². The SMILES string of the molecule is CCOC(=O)C1CCC[NH+](CC2C(=O)OC3C[C@@]4(C)CCCC(C)[C@@]45OC5C32)C1. The molecule has 3 saturated heterocycles. The lowest BCUT2D eigenvalue weighted by atomic mass is 9.53. The van der Waals surface area contributed by atoms with Gasteiger partial charge in [0.05, 0.1) is 32.3 Å². The summed E-state index contributed by atoms with van der Waals surface area (Å²) in [5, 5.41) is 0. The molecule has 0 amide bonds. The van der Waals surface area contributed by atoms with E-state index in [1.165, 1.54) is 24.2 Å². The summed E-state index contributed by atoms with van der Waals surface area (Å²) in [7, 11) is 0. The van der Waals surface area contributed by atoms with Gasteiger partial charge in [0.1, 0.15) is 23.5 Å². The van der Waals surface area contributed by atoms with E-state index in [0.717, 1.165) is 38.9 Å². The Balaban J connectivity index is 1.31. The highest BCUT2D eigenvalue weighted by Gasteiger charge is 2.78. The number of epoxide rings is 1. The first-order valence-electron chi connectivity index (χ1n) is 11.8. The number of fused-ring (bicyclic) bond motifs is 2. The Morgan fingerprint density at radius 2 is 2.14 bits per heavy atom. The molecule has 6 nitrogen and oxygen atoms in total. The summed E-state index contributed by atoms with van der Waals surface area (Å²) in [5.74, 6) is 0.491. The minimum atomic E-state index is -0.0982. The molecule has 3 heterocycles. The molecule has 5 aliphatic rings. The van der Waals surface area contributed by atoms with Crippen LogP contribution >= 0.6 is 0 Å². The third kappa shape index (κ3) is 2.88. The van der Waals surface area contributed by atoms with Gasteiger partial charge in [0.15, 0.2) is 0 Å². The molecule has 0 radical (unpaired) electrons. The largest absolute Gasteiger partial charge is 0.466 e. The summed E-state index contributed by atoms with van der Waals surface area (Å²) in [4.78, 5) is 26.5. The molecule has 162 valence electrons. The fourth-order valence-corrected chi connectivity index (χ4v) is 7.57. The van der Waals surface area contributed by atoms with Gasteiger partial charge in [0.2, 0.25) is 0 Å². The van der Waals surface area contributed by atoms with Gasteiger partial charge in [-0.05, 0) is 44.9 Å². The second-order valence-electron chi connectivity index (χ2n) is 10.5. The molecule has 0 bridgehead atoms. The Morgan fingerprint density at radius 3 is 2.93 bits per heavy atom. The van der Waals surface area contributed by atoms with Gasteiger partial charge >= 0.3 is 11.9 Å². The van der Waals surface area contributed by atoms with E-state index in [-0.39, 0.29) is 52.9 Å². The quantitative estimate of drug-likeness (QED) is 0.564. The van der Waals surface area contributed by atoms with Crippen molar-refractivity contribution in [1.29, 1.82) is 0 Å². The Labute approximate surface area is 173 Å². The van der Waals surface area contributed by atoms with E-state index in [2.05, 4.69) is 13.8 Å². The zero-order valence-corrected chi connectivity index (χ0v) is 18.1. The summed E-state index contributed by atoms with van der Waals surface area (Å²) in [6, 6.07) is 0. The van der Waals surface area contributed by atoms with E-state index in [1.807, 2.05) is 6.92 Å². The molecule has 0 aromatic carbocycles. The second-order valence-corrected chi connectivity index (χ2v) is 10.5. The number of quaternary nitrogens is 1. The summed E-state index contributed by atoms with van der Waals surface area (Å²) >= 11 is 0. The molecule has 7 unspecified atom stereocenters. The number of nitrogens with one attached hydrogen (secondary N) is 1. The van der Waals surface area contributed by atoms with Crippen LogP contribution in [-0.4, -0.2) is 56.0 Å². The fourth-order valence-electron chi connectivity index (χ4n) is 7.57. The molecular weight excluding hydrogens is 370 g/mol. The van der Waals surface area contributed by atoms with Crippen molar-refractivity contribution in [2.45, 2.75) is 77.1 Å². The third-order valence-electron chi connectivity index (χ3n) is 8.94. The molecule has 1 spiro atoms. The smallest absolute Gasteiger partial charge is 0.315 e. The van der Waals surface area contributed by atoms with Gasteiger partial charge in [-0.25, -0.2) is 0 Å². The Bertz CT molecular complexity index is 697. The number of piperidine rings is 1. The maximum Gasteiger partial charge on any atom is 0.315 e. The van der Waals surface area contributed by atoms with Gasteiger partial charge in [0, 0.05) is 11.3 Å². The summed E-state index contributed by atoms with van der Waals surface area (Å²) in [6.07, 6.45) is 6.68. The fraction of sp³-hybridized carbons (Fsp3) is 0.913. The highest BCUT2D eigenvalue weighted by molar-refractivity contribution is 5.76. The second kappa shape index (κ2) is 6.94. The lowest BCUT2D eigenvalue weighted by Crippen LogP contribution is -3.14. The van der Waals surface area contributed by atoms with E-state index in [1.54, 1.807) is 0 Å². The number of carbonyl (C=O) groups is 2. The maximum absolute atomic E-state index is 12.9. The molecule has 2 aliphatic carbocycles. The van der Waals surface area contributed by atoms with E-state index >= 15 is 0 Å². The molecule has 0 aromatic heterocycles. The van der Waals surface area contributed by atoms with Crippen LogP contribution in [0.4, 0.5) is 0 Å². The predicted octanol–water partition coefficient (Wildman–Crippen LogP) is 1.37. The standard InChI is InChI=1S/C23H35NO5/c1-4-27-20(25)15-8-6-10-24(12-15)13-16-18-17(28-21(16)26)11-22(3)9-5-7-14(2)23(22)19(18)29-23/h14-19H,4-13H2,1-3H3/p+1/t14?,15?,16?,17?,18?,19?,22-,23+/m1/s1. The number of likely N-dealkylation sites (tertiary alicyclic amines) is 1. The van der Waals surface area contributed by atoms with E-state index in [9.17, 15) is 9.59 Å². The Morgan fingerprint density at radius 1 is 1.31 bits per heavy atom. The number of carbonyl (C=O) groups excluding carboxylic acids is 2. The average molecular weight is 407 g/mol. The summed E-state index contributed by atoms with van der Waals surface area (Å²) < 4.78 is 17.7. The predicted molar refractivity (Wildman–Crippen MR) is 105 cm³/mol. The van der Waals surface area contributed by atoms with Crippen LogP contribution in [0.2, 0.25) is 0 Å². The molecule has 3 aliphatic heterocycles. The zero-order chi connectivity index (χ0) is 20.4. The summed E-state index contributed by atoms with van der Waals surface area (Å²) in [5.41, 5.74) is 0.0992. The molecule has 5 fully saturated rings. The number of hydrogen-bond donors (Lipinski definition) is 1. The van der Waals surface area contributed by atoms with Crippen LogP contribution in [0.1, 0.15) is 59.3 Å². The van der Waals surface area contributed by atoms with Crippen LogP contribution in [0.15, 0.2) is 0 Å². The van der Waals surface area contributed by atoms with Gasteiger partial charge in [0.25, 0.3) is 0 Å². The van der Waals surface area contributed by atoms with Crippen molar-refractivity contribution in [3.63, 3.8) is 0 Å². The summed E-state index contributed by atoms with van der Waals surface area (Å²) in [6.45, 7) is 9.53. The van der Waals surface area contributed by atoms with Crippen molar-refractivity contribution in [3.05, 3.63) is 0 Å². The first-order chi connectivity index (χ1) is 13.9. The Hall–Kier alpha value is -1.14.